The lowest BCUT2D eigenvalue weighted by atomic mass is 9.64. The Labute approximate surface area is 551 Å². The van der Waals surface area contributed by atoms with E-state index in [2.05, 4.69) is 169 Å². The van der Waals surface area contributed by atoms with E-state index in [9.17, 15) is 19.5 Å². The Bertz CT molecular complexity index is 4240. The molecule has 0 spiro atoms. The molecular weight excluding hydrogens is 1170 g/mol. The summed E-state index contributed by atoms with van der Waals surface area (Å²) < 4.78 is 19.8. The predicted molar refractivity (Wildman–Crippen MR) is 367 cm³/mol. The minimum atomic E-state index is -0.0192. The summed E-state index contributed by atoms with van der Waals surface area (Å²) in [6, 6.07) is 26.6. The molecule has 94 heavy (non-hydrogen) atoms. The second kappa shape index (κ2) is 23.9. The van der Waals surface area contributed by atoms with Crippen LogP contribution in [0.15, 0.2) is 215 Å². The van der Waals surface area contributed by atoms with Crippen molar-refractivity contribution in [1.29, 1.82) is 0 Å². The van der Waals surface area contributed by atoms with Gasteiger partial charge in [-0.15, -0.1) is 0 Å². The van der Waals surface area contributed by atoms with Gasteiger partial charge < -0.3 is 30.4 Å². The van der Waals surface area contributed by atoms with Crippen molar-refractivity contribution in [1.82, 2.24) is 20.3 Å². The smallest absolute Gasteiger partial charge is 0.166 e. The first-order valence-electron chi connectivity index (χ1n) is 34.7. The maximum Gasteiger partial charge on any atom is 0.166 e. The van der Waals surface area contributed by atoms with Crippen molar-refractivity contribution in [3.8, 4) is 0 Å². The molecule has 0 radical (unpaired) electrons. The van der Waals surface area contributed by atoms with Crippen molar-refractivity contribution in [2.75, 3.05) is 26.7 Å². The zero-order valence-electron chi connectivity index (χ0n) is 54.4. The van der Waals surface area contributed by atoms with E-state index in [0.717, 1.165) is 103 Å². The van der Waals surface area contributed by atoms with Crippen molar-refractivity contribution in [2.24, 2.45) is 57.5 Å². The number of hydrogen-bond acceptors (Lipinski definition) is 12. The van der Waals surface area contributed by atoms with Gasteiger partial charge in [0.25, 0.3) is 0 Å². The topological polar surface area (TPSA) is 176 Å². The van der Waals surface area contributed by atoms with E-state index >= 15 is 0 Å². The van der Waals surface area contributed by atoms with E-state index in [4.69, 9.17) is 19.9 Å². The van der Waals surface area contributed by atoms with Crippen LogP contribution in [0, 0.1) is 51.8 Å². The number of rotatable bonds is 7. The Hall–Kier alpha value is -8.16. The summed E-state index contributed by atoms with van der Waals surface area (Å²) in [6.07, 6.45) is 42.2. The largest absolute Gasteiger partial charge is 0.489 e. The van der Waals surface area contributed by atoms with E-state index < -0.39 is 0 Å². The maximum absolute atomic E-state index is 12.8. The molecule has 6 heterocycles. The molecule has 6 aromatic rings. The number of nitrogens with one attached hydrogen (secondary N) is 1. The third kappa shape index (κ3) is 10.3. The van der Waals surface area contributed by atoms with E-state index in [-0.39, 0.29) is 70.3 Å². The molecule has 480 valence electrons. The molecule has 3 saturated carbocycles. The molecule has 3 aromatic carbocycles. The van der Waals surface area contributed by atoms with Crippen LogP contribution in [0.4, 0.5) is 0 Å². The van der Waals surface area contributed by atoms with Gasteiger partial charge in [-0.2, -0.15) is 0 Å². The van der Waals surface area contributed by atoms with Crippen molar-refractivity contribution < 1.29 is 33.7 Å². The minimum absolute atomic E-state index is 0.00497. The van der Waals surface area contributed by atoms with E-state index in [1.807, 2.05) is 44.2 Å². The van der Waals surface area contributed by atoms with Gasteiger partial charge in [-0.3, -0.25) is 29.3 Å². The number of nitrogens with zero attached hydrogens (tertiary/aromatic N) is 3. The molecule has 3 unspecified atom stereocenters. The fourth-order valence-electron chi connectivity index (χ4n) is 19.4. The maximum atomic E-state index is 12.8. The quantitative estimate of drug-likeness (QED) is 0.138. The molecule has 12 aliphatic rings. The summed E-state index contributed by atoms with van der Waals surface area (Å²) in [5, 5.41) is 20.1. The average Bonchev–Trinajstić information content (AvgIpc) is 1.51. The van der Waals surface area contributed by atoms with E-state index in [1.54, 1.807) is 0 Å². The highest BCUT2D eigenvalue weighted by Gasteiger charge is 2.56. The van der Waals surface area contributed by atoms with Gasteiger partial charge in [0.05, 0.1) is 16.7 Å². The van der Waals surface area contributed by atoms with Gasteiger partial charge in [-0.25, -0.2) is 0 Å². The fourth-order valence-corrected chi connectivity index (χ4v) is 19.4. The normalized spacial score (nSPS) is 33.9. The summed E-state index contributed by atoms with van der Waals surface area (Å²) in [5.74, 6) is 6.14. The Morgan fingerprint density at radius 3 is 1.18 bits per heavy atom. The molecule has 9 aliphatic carbocycles. The third-order valence-electron chi connectivity index (χ3n) is 24.6. The molecule has 12 nitrogen and oxygen atoms in total. The van der Waals surface area contributed by atoms with Crippen molar-refractivity contribution in [3.05, 3.63) is 232 Å². The number of aliphatic hydroxyl groups is 1. The number of aromatic nitrogens is 3. The van der Waals surface area contributed by atoms with Gasteiger partial charge in [-0.05, 0) is 215 Å². The fraction of sp³-hybridized carbons (Fsp3) is 0.415. The lowest BCUT2D eigenvalue weighted by molar-refractivity contribution is -0.118. The van der Waals surface area contributed by atoms with Gasteiger partial charge >= 0.3 is 0 Å². The Morgan fingerprint density at radius 2 is 0.819 bits per heavy atom. The average molecular weight is 1250 g/mol. The Kier molecular flexibility index (Phi) is 15.5. The van der Waals surface area contributed by atoms with Crippen LogP contribution in [0.1, 0.15) is 132 Å². The molecule has 4 N–H and O–H groups in total. The lowest BCUT2D eigenvalue weighted by Gasteiger charge is -2.45. The number of ether oxygens (including phenoxy) is 3. The van der Waals surface area contributed by atoms with Gasteiger partial charge in [0, 0.05) is 116 Å². The first kappa shape index (κ1) is 60.8. The van der Waals surface area contributed by atoms with Crippen LogP contribution in [0.5, 0.6) is 0 Å². The van der Waals surface area contributed by atoms with Crippen LogP contribution in [0.3, 0.4) is 0 Å². The minimum Gasteiger partial charge on any atom is -0.489 e. The van der Waals surface area contributed by atoms with Crippen LogP contribution in [0.2, 0.25) is 0 Å². The SMILES string of the molecule is CNCC1CC(=O)C2=C(C1)O[C@@H]1C(=C2)C=C[C@]2(C)[C@@H](c3ccc4ccncc4c3)CC[C@@H]12.C[C@]12C=CC3=CC4=C(CC(CN)CC4=O)O[C@H]3[C@@H]1CC[C@@H]2c1ccc2ccncc2c1.C[C@]12C=CC3=CC4=C(CC(CO)CC4=O)O[C@H]3[C@@H]1CC[C@@H]2c1ccc2ccncc2c1. The summed E-state index contributed by atoms with van der Waals surface area (Å²) in [4.78, 5) is 50.9. The van der Waals surface area contributed by atoms with Crippen molar-refractivity contribution >= 4 is 49.7 Å². The zero-order valence-corrected chi connectivity index (χ0v) is 54.4. The Balaban J connectivity index is 0.000000112. The number of aliphatic hydroxyl groups excluding tert-OH is 1. The molecule has 15 atom stereocenters. The molecule has 18 rings (SSSR count). The number of carbonyl (C=O) groups excluding carboxylic acids is 3. The van der Waals surface area contributed by atoms with Gasteiger partial charge in [-0.1, -0.05) is 93.6 Å². The van der Waals surface area contributed by atoms with Crippen LogP contribution < -0.4 is 11.1 Å². The summed E-state index contributed by atoms with van der Waals surface area (Å²) >= 11 is 0. The van der Waals surface area contributed by atoms with Crippen molar-refractivity contribution in [2.45, 2.75) is 134 Å². The first-order chi connectivity index (χ1) is 45.7. The van der Waals surface area contributed by atoms with Crippen LogP contribution in [0.25, 0.3) is 32.3 Å². The highest BCUT2D eigenvalue weighted by molar-refractivity contribution is 6.01. The number of hydrogen-bond donors (Lipinski definition) is 3. The standard InChI is InChI=1S/C28H30N2O2.C27H28N2O2.C27H27NO3/c1-28-9-7-20-14-22-25(31)11-17(15-29-2)12-26(22)32-27(20)24(28)6-5-23(28)19-4-3-18-8-10-30-16-21(18)13-19;1-27-8-6-19-13-21-24(30)10-16(14-28)11-25(21)31-26(19)23(27)5-4-22(27)18-3-2-17-7-9-29-15-20(17)12-18;1-27-8-6-19-13-21-24(30)10-16(15-29)11-25(21)31-26(19)23(27)5-4-22(27)18-3-2-17-7-9-28-14-20(17)12-18/h3-4,7-10,13-14,16-17,23-24,27,29H,5-6,11-12,15H2,1-2H3;2-3,6-9,12-13,15-16,22-23,26H,4-5,10-11,14,28H2,1H3;2-3,6-9,12-14,16,22-23,26,29H,4-5,10-11,15H2,1H3/t17?,23-,24+,27-,28-;2*16?,22-,23+,26-,27-/m111/s1. The molecule has 12 heteroatoms. The Morgan fingerprint density at radius 1 is 0.468 bits per heavy atom. The van der Waals surface area contributed by atoms with Crippen molar-refractivity contribution in [3.63, 3.8) is 0 Å². The van der Waals surface area contributed by atoms with Gasteiger partial charge in [0.15, 0.2) is 17.3 Å². The lowest BCUT2D eigenvalue weighted by Crippen LogP contribution is -2.41. The molecule has 3 aliphatic heterocycles. The van der Waals surface area contributed by atoms with E-state index in [1.165, 1.54) is 54.6 Å². The number of Topliss-reactive ketones (excluding diaryl/α,β-unsaturated/α-hetero) is 3. The first-order valence-corrected chi connectivity index (χ1v) is 34.7. The molecule has 0 bridgehead atoms. The molecule has 3 aromatic heterocycles. The third-order valence-corrected chi connectivity index (χ3v) is 24.6. The summed E-state index contributed by atoms with van der Waals surface area (Å²) in [5.41, 5.74) is 15.9. The van der Waals surface area contributed by atoms with Crippen LogP contribution in [-0.4, -0.2) is 82.5 Å². The zero-order chi connectivity index (χ0) is 64.2. The monoisotopic (exact) mass is 1250 g/mol. The number of benzene rings is 3. The number of fused-ring (bicyclic) bond motifs is 12. The van der Waals surface area contributed by atoms with E-state index in [0.29, 0.717) is 73.7 Å². The molecular formula is C82H85N5O7. The number of pyridine rings is 3. The molecule has 3 fully saturated rings. The number of nitrogens with two attached hydrogens (primary N) is 1. The molecule has 0 amide bonds. The number of ketones is 3. The van der Waals surface area contributed by atoms with Crippen LogP contribution in [-0.2, 0) is 28.6 Å². The number of allylic oxidation sites excluding steroid dienone is 12. The second-order valence-corrected chi connectivity index (χ2v) is 29.9. The van der Waals surface area contributed by atoms with Crippen LogP contribution >= 0.6 is 0 Å². The van der Waals surface area contributed by atoms with Gasteiger partial charge in [0.2, 0.25) is 0 Å². The van der Waals surface area contributed by atoms with Gasteiger partial charge in [0.1, 0.15) is 35.6 Å². The highest BCUT2D eigenvalue weighted by atomic mass is 16.5. The summed E-state index contributed by atoms with van der Waals surface area (Å²) in [7, 11) is 1.95. The predicted octanol–water partition coefficient (Wildman–Crippen LogP) is 14.8. The molecule has 0 saturated heterocycles. The number of carbonyl (C=O) groups is 3. The second-order valence-electron chi connectivity index (χ2n) is 29.9. The summed E-state index contributed by atoms with van der Waals surface area (Å²) in [6.45, 7) is 8.58. The highest BCUT2D eigenvalue weighted by Crippen LogP contribution is 2.63.